The zero-order valence-corrected chi connectivity index (χ0v) is 11.1. The molecule has 0 saturated heterocycles. The van der Waals surface area contributed by atoms with Crippen molar-refractivity contribution in [3.05, 3.63) is 34.3 Å². The molecule has 1 aliphatic carbocycles. The monoisotopic (exact) mass is 291 g/mol. The molecule has 1 heterocycles. The van der Waals surface area contributed by atoms with Gasteiger partial charge < -0.3 is 5.73 Å². The second-order valence-electron chi connectivity index (χ2n) is 4.65. The number of anilines is 1. The van der Waals surface area contributed by atoms with Gasteiger partial charge in [-0.1, -0.05) is 6.04 Å². The van der Waals surface area contributed by atoms with Crippen molar-refractivity contribution in [2.45, 2.75) is 32.2 Å². The summed E-state index contributed by atoms with van der Waals surface area (Å²) >= 11 is 0. The van der Waals surface area contributed by atoms with E-state index in [1.165, 1.54) is 6.92 Å². The van der Waals surface area contributed by atoms with Crippen LogP contribution in [0.2, 0.25) is 0 Å². The Bertz CT molecular complexity index is 1100. The zero-order valence-electron chi connectivity index (χ0n) is 17.1. The highest BCUT2D eigenvalue weighted by molar-refractivity contribution is 6.03. The lowest BCUT2D eigenvalue weighted by Crippen LogP contribution is -2.36. The number of ketones is 2. The molecule has 3 rings (SSSR count). The van der Waals surface area contributed by atoms with Crippen LogP contribution in [0.5, 0.6) is 0 Å². The molecule has 2 N–H and O–H groups in total. The second kappa shape index (κ2) is 4.80. The molecule has 1 fully saturated rings. The molecule has 108 valence electrons. The van der Waals surface area contributed by atoms with Gasteiger partial charge in [0.25, 0.3) is 5.56 Å². The molecule has 1 aromatic heterocycles. The van der Waals surface area contributed by atoms with Gasteiger partial charge in [0.15, 0.2) is 5.78 Å². The van der Waals surface area contributed by atoms with Crippen molar-refractivity contribution in [3.8, 4) is 0 Å². The Morgan fingerprint density at radius 3 is 2.95 bits per heavy atom. The van der Waals surface area contributed by atoms with Crippen molar-refractivity contribution in [2.75, 3.05) is 5.73 Å². The summed E-state index contributed by atoms with van der Waals surface area (Å²) in [5.41, 5.74) is 3.98. The molecule has 2 aromatic rings. The third kappa shape index (κ3) is 2.12. The smallest absolute Gasteiger partial charge is 0.264 e. The molecule has 1 saturated carbocycles. The number of nitrogen functional groups attached to an aromatic ring is 1. The fraction of sp³-hybridized carbons (Fsp3) is 0.333. The van der Waals surface area contributed by atoms with Crippen LogP contribution in [0, 0.1) is 6.92 Å². The Hall–Kier alpha value is -2.50. The number of fused-ring (bicyclic) bond motifs is 1. The molecular formula is C15H15N3O3. The number of benzene rings is 1. The van der Waals surface area contributed by atoms with Crippen LogP contribution in [-0.2, 0) is 9.59 Å². The molecular weight excluding hydrogens is 270 g/mol. The highest BCUT2D eigenvalue weighted by Gasteiger charge is 2.30. The first kappa shape index (κ1) is 8.07. The van der Waals surface area contributed by atoms with Gasteiger partial charge in [-0.3, -0.25) is 19.0 Å². The zero-order chi connectivity index (χ0) is 20.5. The molecule has 6 heteroatoms. The van der Waals surface area contributed by atoms with Crippen LogP contribution < -0.4 is 11.3 Å². The van der Waals surface area contributed by atoms with E-state index in [1.807, 2.05) is 0 Å². The summed E-state index contributed by atoms with van der Waals surface area (Å²) in [5, 5.41) is -0.432. The van der Waals surface area contributed by atoms with Crippen LogP contribution in [0.25, 0.3) is 10.9 Å². The number of hydrogen-bond acceptors (Lipinski definition) is 5. The number of aromatic nitrogens is 2. The number of aryl methyl sites for hydroxylation is 1. The topological polar surface area (TPSA) is 95.0 Å². The van der Waals surface area contributed by atoms with Crippen LogP contribution in [0.4, 0.5) is 5.69 Å². The summed E-state index contributed by atoms with van der Waals surface area (Å²) in [4.78, 5) is 41.2. The molecule has 0 amide bonds. The maximum Gasteiger partial charge on any atom is 0.264 e. The molecule has 1 aromatic carbocycles. The van der Waals surface area contributed by atoms with E-state index < -0.39 is 71.6 Å². The van der Waals surface area contributed by atoms with Gasteiger partial charge in [-0.15, -0.1) is 0 Å². The van der Waals surface area contributed by atoms with Crippen molar-refractivity contribution >= 4 is 28.2 Å². The molecule has 21 heavy (non-hydrogen) atoms. The average molecular weight is 291 g/mol. The number of hydrogen-bond donors (Lipinski definition) is 1. The molecule has 0 radical (unpaired) electrons. The summed E-state index contributed by atoms with van der Waals surface area (Å²) in [6.07, 6.45) is -4.09. The first-order valence-electron chi connectivity index (χ1n) is 9.18. The number of carbonyl (C=O) groups is 2. The van der Waals surface area contributed by atoms with Gasteiger partial charge >= 0.3 is 0 Å². The lowest BCUT2D eigenvalue weighted by molar-refractivity contribution is -0.132. The fourth-order valence-corrected chi connectivity index (χ4v) is 2.25. The van der Waals surface area contributed by atoms with Crippen LogP contribution in [-0.4, -0.2) is 21.1 Å². The Labute approximate surface area is 129 Å². The normalized spacial score (nSPS) is 29.2. The molecule has 1 atom stereocenters. The van der Waals surface area contributed by atoms with Gasteiger partial charge in [0.05, 0.1) is 28.8 Å². The van der Waals surface area contributed by atoms with Gasteiger partial charge in [0, 0.05) is 14.8 Å². The summed E-state index contributed by atoms with van der Waals surface area (Å²) < 4.78 is 48.6. The molecule has 1 unspecified atom stereocenters. The van der Waals surface area contributed by atoms with Crippen molar-refractivity contribution in [1.82, 2.24) is 9.55 Å². The van der Waals surface area contributed by atoms with Gasteiger partial charge in [0.1, 0.15) is 11.6 Å². The van der Waals surface area contributed by atoms with Gasteiger partial charge in [-0.2, -0.15) is 0 Å². The second-order valence-corrected chi connectivity index (χ2v) is 4.65. The summed E-state index contributed by atoms with van der Waals surface area (Å²) in [7, 11) is 0. The van der Waals surface area contributed by atoms with E-state index in [-0.39, 0.29) is 11.3 Å². The lowest BCUT2D eigenvalue weighted by atomic mass is 9.92. The van der Waals surface area contributed by atoms with Gasteiger partial charge in [0.2, 0.25) is 0 Å². The van der Waals surface area contributed by atoms with Crippen LogP contribution in [0.15, 0.2) is 22.9 Å². The van der Waals surface area contributed by atoms with E-state index in [1.54, 1.807) is 0 Å². The minimum absolute atomic E-state index is 0.237. The molecule has 0 bridgehead atoms. The number of rotatable bonds is 1. The molecule has 0 aliphatic heterocycles. The predicted molar refractivity (Wildman–Crippen MR) is 78.1 cm³/mol. The largest absolute Gasteiger partial charge is 0.398 e. The van der Waals surface area contributed by atoms with Gasteiger partial charge in [-0.05, 0) is 25.4 Å². The van der Waals surface area contributed by atoms with E-state index in [0.717, 1.165) is 0 Å². The Kier molecular flexibility index (Phi) is 1.84. The van der Waals surface area contributed by atoms with E-state index in [9.17, 15) is 14.4 Å². The summed E-state index contributed by atoms with van der Waals surface area (Å²) in [5.74, 6) is -2.00. The minimum atomic E-state index is -2.75. The summed E-state index contributed by atoms with van der Waals surface area (Å²) in [6, 6.07) is -4.36. The highest BCUT2D eigenvalue weighted by Crippen LogP contribution is 2.24. The standard InChI is InChI=1S/C15H15N3O3/c1-8-17-11-4-2-3-10(16)14(11)15(21)18(8)12-6-5-9(19)7-13(12)20/h2-4,12H,5-7,16H2,1H3/i2D,3D,4D,6D2,12D. The van der Waals surface area contributed by atoms with Crippen molar-refractivity contribution < 1.29 is 17.8 Å². The average Bonchev–Trinajstić information content (AvgIpc) is 2.55. The Balaban J connectivity index is 2.49. The SMILES string of the molecule is [2H]c1c([2H])c(N)c2c(=O)n(C3([2H])C(=O)CC(=O)CC3([2H])[2H])c(C)nc2c1[2H]. The first-order valence-corrected chi connectivity index (χ1v) is 6.18. The van der Waals surface area contributed by atoms with Crippen molar-refractivity contribution in [1.29, 1.82) is 0 Å². The number of nitrogens with two attached hydrogens (primary N) is 1. The number of nitrogens with zero attached hydrogens (tertiary/aromatic N) is 2. The third-order valence-electron chi connectivity index (χ3n) is 3.20. The minimum Gasteiger partial charge on any atom is -0.398 e. The maximum atomic E-state index is 13.1. The van der Waals surface area contributed by atoms with Gasteiger partial charge in [-0.25, -0.2) is 4.98 Å². The van der Waals surface area contributed by atoms with Crippen LogP contribution >= 0.6 is 0 Å². The third-order valence-corrected chi connectivity index (χ3v) is 3.20. The van der Waals surface area contributed by atoms with E-state index >= 15 is 0 Å². The Morgan fingerprint density at radius 1 is 1.48 bits per heavy atom. The number of carbonyl (C=O) groups excluding carboxylic acids is 2. The summed E-state index contributed by atoms with van der Waals surface area (Å²) in [6.45, 7) is 1.25. The van der Waals surface area contributed by atoms with Crippen molar-refractivity contribution in [2.24, 2.45) is 0 Å². The van der Waals surface area contributed by atoms with Crippen molar-refractivity contribution in [3.63, 3.8) is 0 Å². The molecule has 6 nitrogen and oxygen atoms in total. The lowest BCUT2D eigenvalue weighted by Gasteiger charge is -2.24. The Morgan fingerprint density at radius 2 is 2.24 bits per heavy atom. The van der Waals surface area contributed by atoms with E-state index in [4.69, 9.17) is 14.0 Å². The first-order chi connectivity index (χ1) is 12.3. The van der Waals surface area contributed by atoms with Crippen LogP contribution in [0.3, 0.4) is 0 Å². The van der Waals surface area contributed by atoms with Crippen LogP contribution in [0.1, 0.15) is 39.3 Å². The maximum absolute atomic E-state index is 13.1. The van der Waals surface area contributed by atoms with E-state index in [0.29, 0.717) is 4.57 Å². The fourth-order valence-electron chi connectivity index (χ4n) is 2.25. The quantitative estimate of drug-likeness (QED) is 0.628. The molecule has 1 aliphatic rings. The van der Waals surface area contributed by atoms with E-state index in [2.05, 4.69) is 4.98 Å². The highest BCUT2D eigenvalue weighted by atomic mass is 16.2. The molecule has 0 spiro atoms. The number of Topliss-reactive ketones (excluding diaryl/α,β-unsaturated/α-hetero) is 2. The predicted octanol–water partition coefficient (Wildman–Crippen LogP) is 1.15.